The van der Waals surface area contributed by atoms with Crippen molar-refractivity contribution in [3.63, 3.8) is 0 Å². The number of aromatic amines is 1. The van der Waals surface area contributed by atoms with E-state index in [1.807, 2.05) is 0 Å². The van der Waals surface area contributed by atoms with Gasteiger partial charge < -0.3 is 5.11 Å². The second-order valence-electron chi connectivity index (χ2n) is 5.76. The number of nitrogens with zero attached hydrogens (tertiary/aromatic N) is 1. The Morgan fingerprint density at radius 2 is 2.19 bits per heavy atom. The Kier molecular flexibility index (Phi) is 2.33. The lowest BCUT2D eigenvalue weighted by Gasteiger charge is -2.22. The molecule has 1 aromatic rings. The minimum atomic E-state index is -0.724. The van der Waals surface area contributed by atoms with Crippen molar-refractivity contribution in [2.45, 2.75) is 50.9 Å². The maximum atomic E-state index is 10.9. The van der Waals surface area contributed by atoms with Gasteiger partial charge in [-0.05, 0) is 12.8 Å². The van der Waals surface area contributed by atoms with E-state index < -0.39 is 5.97 Å². The number of rotatable bonds is 3. The van der Waals surface area contributed by atoms with E-state index in [-0.39, 0.29) is 17.3 Å². The van der Waals surface area contributed by atoms with Crippen molar-refractivity contribution in [3.05, 3.63) is 17.5 Å². The van der Waals surface area contributed by atoms with E-state index in [4.69, 9.17) is 5.11 Å². The Labute approximate surface area is 95.1 Å². The number of hydrogen-bond donors (Lipinski definition) is 2. The van der Waals surface area contributed by atoms with E-state index in [0.717, 1.165) is 24.1 Å². The van der Waals surface area contributed by atoms with Crippen molar-refractivity contribution in [3.8, 4) is 0 Å². The summed E-state index contributed by atoms with van der Waals surface area (Å²) in [5.74, 6) is -0.724. The summed E-state index contributed by atoms with van der Waals surface area (Å²) < 4.78 is 0. The molecular weight excluding hydrogens is 204 g/mol. The minimum Gasteiger partial charge on any atom is -0.481 e. The van der Waals surface area contributed by atoms with Crippen LogP contribution in [-0.4, -0.2) is 21.3 Å². The first-order chi connectivity index (χ1) is 7.35. The average molecular weight is 222 g/mol. The van der Waals surface area contributed by atoms with Crippen molar-refractivity contribution < 1.29 is 9.90 Å². The third kappa shape index (κ3) is 1.84. The normalized spacial score (nSPS) is 18.4. The largest absolute Gasteiger partial charge is 0.481 e. The molecule has 0 saturated heterocycles. The van der Waals surface area contributed by atoms with Gasteiger partial charge in [-0.2, -0.15) is 5.10 Å². The second-order valence-corrected chi connectivity index (χ2v) is 5.76. The lowest BCUT2D eigenvalue weighted by molar-refractivity contribution is -0.137. The van der Waals surface area contributed by atoms with Gasteiger partial charge in [-0.15, -0.1) is 0 Å². The highest BCUT2D eigenvalue weighted by molar-refractivity contribution is 5.70. The van der Waals surface area contributed by atoms with Gasteiger partial charge in [0, 0.05) is 22.1 Å². The molecule has 0 amide bonds. The second kappa shape index (κ2) is 3.34. The number of aliphatic carboxylic acids is 1. The molecule has 1 heterocycles. The van der Waals surface area contributed by atoms with Crippen LogP contribution in [0.25, 0.3) is 0 Å². The molecule has 2 rings (SSSR count). The van der Waals surface area contributed by atoms with Gasteiger partial charge in [0.15, 0.2) is 0 Å². The molecule has 4 nitrogen and oxygen atoms in total. The lowest BCUT2D eigenvalue weighted by Crippen LogP contribution is -2.20. The Hall–Kier alpha value is -1.32. The van der Waals surface area contributed by atoms with Crippen molar-refractivity contribution >= 4 is 5.97 Å². The summed E-state index contributed by atoms with van der Waals surface area (Å²) in [6, 6.07) is 0. The van der Waals surface area contributed by atoms with E-state index >= 15 is 0 Å². The summed E-state index contributed by atoms with van der Waals surface area (Å²) in [6.07, 6.45) is 3.94. The summed E-state index contributed by atoms with van der Waals surface area (Å²) in [4.78, 5) is 10.9. The first-order valence-electron chi connectivity index (χ1n) is 5.61. The van der Waals surface area contributed by atoms with Crippen molar-refractivity contribution in [1.29, 1.82) is 0 Å². The monoisotopic (exact) mass is 222 g/mol. The molecule has 4 heteroatoms. The van der Waals surface area contributed by atoms with Crippen LogP contribution in [0, 0.1) is 0 Å². The zero-order valence-electron chi connectivity index (χ0n) is 10.0. The molecule has 1 saturated carbocycles. The van der Waals surface area contributed by atoms with Gasteiger partial charge in [-0.3, -0.25) is 9.89 Å². The van der Waals surface area contributed by atoms with E-state index in [9.17, 15) is 4.79 Å². The number of carboxylic acids is 1. The van der Waals surface area contributed by atoms with Crippen LogP contribution in [-0.2, 0) is 15.6 Å². The third-order valence-corrected chi connectivity index (χ3v) is 3.30. The van der Waals surface area contributed by atoms with E-state index in [1.54, 1.807) is 6.20 Å². The van der Waals surface area contributed by atoms with Crippen LogP contribution >= 0.6 is 0 Å². The zero-order chi connectivity index (χ0) is 12.0. The van der Waals surface area contributed by atoms with Crippen molar-refractivity contribution in [2.24, 2.45) is 0 Å². The first-order valence-corrected chi connectivity index (χ1v) is 5.61. The Bertz CT molecular complexity index is 411. The minimum absolute atomic E-state index is 0.0140. The predicted octanol–water partition coefficient (Wildman–Crippen LogP) is 2.21. The summed E-state index contributed by atoms with van der Waals surface area (Å²) >= 11 is 0. The smallest absolute Gasteiger partial charge is 0.304 e. The summed E-state index contributed by atoms with van der Waals surface area (Å²) in [5, 5.41) is 16.1. The molecule has 0 aliphatic heterocycles. The van der Waals surface area contributed by atoms with Gasteiger partial charge in [-0.25, -0.2) is 0 Å². The predicted molar refractivity (Wildman–Crippen MR) is 60.5 cm³/mol. The zero-order valence-corrected chi connectivity index (χ0v) is 10.0. The SMILES string of the molecule is CC(C)(C)c1[nH]ncc1C1(CC(=O)O)CC1. The maximum absolute atomic E-state index is 10.9. The third-order valence-electron chi connectivity index (χ3n) is 3.30. The molecule has 1 fully saturated rings. The quantitative estimate of drug-likeness (QED) is 0.824. The summed E-state index contributed by atoms with van der Waals surface area (Å²) in [5.41, 5.74) is 2.01. The molecule has 0 spiro atoms. The summed E-state index contributed by atoms with van der Waals surface area (Å²) in [7, 11) is 0. The lowest BCUT2D eigenvalue weighted by atomic mass is 9.83. The van der Waals surface area contributed by atoms with E-state index in [0.29, 0.717) is 0 Å². The summed E-state index contributed by atoms with van der Waals surface area (Å²) in [6.45, 7) is 6.34. The Morgan fingerprint density at radius 1 is 1.56 bits per heavy atom. The fraction of sp³-hybridized carbons (Fsp3) is 0.667. The number of H-pyrrole nitrogens is 1. The van der Waals surface area contributed by atoms with Gasteiger partial charge in [0.05, 0.1) is 12.6 Å². The van der Waals surface area contributed by atoms with Crippen LogP contribution in [0.3, 0.4) is 0 Å². The number of nitrogens with one attached hydrogen (secondary N) is 1. The molecule has 16 heavy (non-hydrogen) atoms. The van der Waals surface area contributed by atoms with Gasteiger partial charge in [0.1, 0.15) is 0 Å². The van der Waals surface area contributed by atoms with Crippen LogP contribution in [0.4, 0.5) is 0 Å². The molecular formula is C12H18N2O2. The molecule has 1 aliphatic rings. The van der Waals surface area contributed by atoms with E-state index in [1.165, 1.54) is 0 Å². The molecule has 0 bridgehead atoms. The van der Waals surface area contributed by atoms with Crippen molar-refractivity contribution in [2.75, 3.05) is 0 Å². The van der Waals surface area contributed by atoms with Gasteiger partial charge in [-0.1, -0.05) is 20.8 Å². The van der Waals surface area contributed by atoms with Crippen LogP contribution in [0.1, 0.15) is 51.3 Å². The van der Waals surface area contributed by atoms with E-state index in [2.05, 4.69) is 31.0 Å². The van der Waals surface area contributed by atoms with Crippen LogP contribution in [0.2, 0.25) is 0 Å². The van der Waals surface area contributed by atoms with Crippen LogP contribution in [0.5, 0.6) is 0 Å². The van der Waals surface area contributed by atoms with Crippen molar-refractivity contribution in [1.82, 2.24) is 10.2 Å². The van der Waals surface area contributed by atoms with Gasteiger partial charge in [0.2, 0.25) is 0 Å². The fourth-order valence-corrected chi connectivity index (χ4v) is 2.24. The first kappa shape index (κ1) is 11.2. The Morgan fingerprint density at radius 3 is 2.62 bits per heavy atom. The molecule has 0 aromatic carbocycles. The molecule has 1 aliphatic carbocycles. The fourth-order valence-electron chi connectivity index (χ4n) is 2.24. The molecule has 0 atom stereocenters. The van der Waals surface area contributed by atoms with Crippen LogP contribution in [0.15, 0.2) is 6.20 Å². The number of carboxylic acid groups (broad SMARTS) is 1. The van der Waals surface area contributed by atoms with Gasteiger partial charge in [0.25, 0.3) is 0 Å². The topological polar surface area (TPSA) is 66.0 Å². The average Bonchev–Trinajstić information content (AvgIpc) is 2.73. The molecule has 88 valence electrons. The maximum Gasteiger partial charge on any atom is 0.304 e. The molecule has 0 radical (unpaired) electrons. The number of aromatic nitrogens is 2. The molecule has 1 aromatic heterocycles. The number of hydrogen-bond acceptors (Lipinski definition) is 2. The number of carbonyl (C=O) groups is 1. The Balaban J connectivity index is 2.35. The highest BCUT2D eigenvalue weighted by Crippen LogP contribution is 2.53. The molecule has 0 unspecified atom stereocenters. The van der Waals surface area contributed by atoms with Gasteiger partial charge >= 0.3 is 5.97 Å². The highest BCUT2D eigenvalue weighted by Gasteiger charge is 2.49. The standard InChI is InChI=1S/C12H18N2O2/c1-11(2,3)10-8(7-13-14-10)12(4-5-12)6-9(15)16/h7H,4-6H2,1-3H3,(H,13,14)(H,15,16). The molecule has 2 N–H and O–H groups in total. The van der Waals surface area contributed by atoms with Crippen LogP contribution < -0.4 is 0 Å². The highest BCUT2D eigenvalue weighted by atomic mass is 16.4.